The highest BCUT2D eigenvalue weighted by Gasteiger charge is 2.16. The molecule has 0 saturated carbocycles. The lowest BCUT2D eigenvalue weighted by molar-refractivity contribution is -0.116. The van der Waals surface area contributed by atoms with Crippen molar-refractivity contribution in [3.63, 3.8) is 0 Å². The van der Waals surface area contributed by atoms with E-state index in [9.17, 15) is 4.79 Å². The number of carbonyl (C=O) groups excluding carboxylic acids is 1. The fourth-order valence-corrected chi connectivity index (χ4v) is 3.85. The molecule has 0 radical (unpaired) electrons. The van der Waals surface area contributed by atoms with Crippen LogP contribution in [0.15, 0.2) is 100.0 Å². The number of hydrogen-bond acceptors (Lipinski definition) is 6. The summed E-state index contributed by atoms with van der Waals surface area (Å²) in [6.07, 6.45) is 0. The Morgan fingerprint density at radius 3 is 2.38 bits per heavy atom. The number of thiazole rings is 1. The van der Waals surface area contributed by atoms with E-state index in [2.05, 4.69) is 25.5 Å². The van der Waals surface area contributed by atoms with Crippen LogP contribution in [0.2, 0.25) is 0 Å². The third kappa shape index (κ3) is 4.30. The zero-order chi connectivity index (χ0) is 21.8. The van der Waals surface area contributed by atoms with Crippen molar-refractivity contribution in [3.8, 4) is 11.5 Å². The van der Waals surface area contributed by atoms with Gasteiger partial charge in [-0.05, 0) is 48.5 Å². The van der Waals surface area contributed by atoms with Crippen molar-refractivity contribution in [2.24, 2.45) is 10.2 Å². The predicted molar refractivity (Wildman–Crippen MR) is 127 cm³/mol. The summed E-state index contributed by atoms with van der Waals surface area (Å²) in [6.45, 7) is 0.128. The molecule has 3 aromatic carbocycles. The van der Waals surface area contributed by atoms with E-state index in [0.29, 0.717) is 17.2 Å². The van der Waals surface area contributed by atoms with Crippen molar-refractivity contribution in [2.45, 2.75) is 6.54 Å². The van der Waals surface area contributed by atoms with Gasteiger partial charge in [0.15, 0.2) is 5.82 Å². The Balaban J connectivity index is 1.32. The van der Waals surface area contributed by atoms with Crippen molar-refractivity contribution < 1.29 is 4.79 Å². The second-order valence-corrected chi connectivity index (χ2v) is 7.73. The van der Waals surface area contributed by atoms with E-state index in [1.165, 1.54) is 11.3 Å². The molecule has 2 aromatic heterocycles. The van der Waals surface area contributed by atoms with Gasteiger partial charge in [-0.15, -0.1) is 11.3 Å². The second-order valence-electron chi connectivity index (χ2n) is 7.01. The summed E-state index contributed by atoms with van der Waals surface area (Å²) >= 11 is 1.50. The largest absolute Gasteiger partial charge is 0.325 e. The van der Waals surface area contributed by atoms with Gasteiger partial charge < -0.3 is 9.88 Å². The first-order valence-corrected chi connectivity index (χ1v) is 10.9. The number of nitrogens with zero attached hydrogens (tertiary/aromatic N) is 5. The van der Waals surface area contributed by atoms with Gasteiger partial charge in [0.05, 0.1) is 27.9 Å². The summed E-state index contributed by atoms with van der Waals surface area (Å²) in [5, 5.41) is 13.3. The molecule has 0 unspecified atom stereocenters. The number of hydrogen-bond donors (Lipinski definition) is 1. The Labute approximate surface area is 188 Å². The van der Waals surface area contributed by atoms with Gasteiger partial charge in [0, 0.05) is 11.1 Å². The number of imidazole rings is 1. The number of para-hydroxylation sites is 2. The quantitative estimate of drug-likeness (QED) is 0.320. The molecule has 0 bridgehead atoms. The summed E-state index contributed by atoms with van der Waals surface area (Å²) in [5.41, 5.74) is 6.42. The number of azo groups is 1. The van der Waals surface area contributed by atoms with Crippen LogP contribution in [0.1, 0.15) is 0 Å². The predicted octanol–water partition coefficient (Wildman–Crippen LogP) is 6.21. The number of nitrogens with one attached hydrogen (secondary N) is 1. The first-order chi connectivity index (χ1) is 15.8. The first-order valence-electron chi connectivity index (χ1n) is 9.97. The minimum atomic E-state index is -0.150. The molecule has 1 N–H and O–H groups in total. The molecule has 0 aliphatic rings. The Morgan fingerprint density at radius 1 is 0.906 bits per heavy atom. The highest BCUT2D eigenvalue weighted by Crippen LogP contribution is 2.25. The van der Waals surface area contributed by atoms with E-state index in [1.807, 2.05) is 88.8 Å². The SMILES string of the molecule is O=C(Cn1c(-c2cscn2)nc2ccccc21)Nc1ccc(N=Nc2ccccc2)cc1. The lowest BCUT2D eigenvalue weighted by Gasteiger charge is -2.09. The molecular formula is C24H18N6OS. The zero-order valence-corrected chi connectivity index (χ0v) is 17.7. The minimum absolute atomic E-state index is 0.128. The van der Waals surface area contributed by atoms with Gasteiger partial charge in [0.1, 0.15) is 12.2 Å². The van der Waals surface area contributed by atoms with Gasteiger partial charge in [0.2, 0.25) is 5.91 Å². The lowest BCUT2D eigenvalue weighted by Crippen LogP contribution is -2.19. The summed E-state index contributed by atoms with van der Waals surface area (Å²) < 4.78 is 1.89. The van der Waals surface area contributed by atoms with Crippen LogP contribution in [-0.2, 0) is 11.3 Å². The zero-order valence-electron chi connectivity index (χ0n) is 16.9. The Bertz CT molecular complexity index is 1380. The van der Waals surface area contributed by atoms with Crippen LogP contribution in [0, 0.1) is 0 Å². The molecule has 1 amide bonds. The van der Waals surface area contributed by atoms with Gasteiger partial charge >= 0.3 is 0 Å². The number of aromatic nitrogens is 3. The number of rotatable bonds is 6. The Kier molecular flexibility index (Phi) is 5.50. The number of anilines is 1. The fraction of sp³-hybridized carbons (Fsp3) is 0.0417. The van der Waals surface area contributed by atoms with Crippen molar-refractivity contribution in [3.05, 3.63) is 89.8 Å². The number of carbonyl (C=O) groups is 1. The lowest BCUT2D eigenvalue weighted by atomic mass is 10.3. The molecule has 0 atom stereocenters. The fourth-order valence-electron chi connectivity index (χ4n) is 3.32. The highest BCUT2D eigenvalue weighted by atomic mass is 32.1. The molecule has 0 aliphatic heterocycles. The standard InChI is InChI=1S/C24H18N6OS/c31-23(26-17-10-12-19(13-11-17)29-28-18-6-2-1-3-7-18)14-30-22-9-5-4-8-20(22)27-24(30)21-15-32-16-25-21/h1-13,15-16H,14H2,(H,26,31). The molecular weight excluding hydrogens is 420 g/mol. The maximum atomic E-state index is 12.8. The molecule has 5 rings (SSSR count). The minimum Gasteiger partial charge on any atom is -0.325 e. The van der Waals surface area contributed by atoms with E-state index in [4.69, 9.17) is 0 Å². The van der Waals surface area contributed by atoms with Crippen LogP contribution >= 0.6 is 11.3 Å². The molecule has 5 aromatic rings. The maximum Gasteiger partial charge on any atom is 0.244 e. The smallest absolute Gasteiger partial charge is 0.244 e. The molecule has 0 saturated heterocycles. The average Bonchev–Trinajstić information content (AvgIpc) is 3.48. The van der Waals surface area contributed by atoms with Gasteiger partial charge in [0.25, 0.3) is 0 Å². The Morgan fingerprint density at radius 2 is 1.62 bits per heavy atom. The molecule has 0 fully saturated rings. The summed E-state index contributed by atoms with van der Waals surface area (Å²) in [6, 6.07) is 24.5. The van der Waals surface area contributed by atoms with Crippen molar-refractivity contribution >= 4 is 45.3 Å². The van der Waals surface area contributed by atoms with Gasteiger partial charge in [-0.3, -0.25) is 4.79 Å². The van der Waals surface area contributed by atoms with Gasteiger partial charge in [-0.2, -0.15) is 10.2 Å². The third-order valence-corrected chi connectivity index (χ3v) is 5.39. The van der Waals surface area contributed by atoms with E-state index in [0.717, 1.165) is 22.4 Å². The van der Waals surface area contributed by atoms with Crippen molar-refractivity contribution in [2.75, 3.05) is 5.32 Å². The van der Waals surface area contributed by atoms with Crippen molar-refractivity contribution in [1.29, 1.82) is 0 Å². The van der Waals surface area contributed by atoms with Gasteiger partial charge in [-0.25, -0.2) is 9.97 Å². The van der Waals surface area contributed by atoms with Crippen molar-refractivity contribution in [1.82, 2.24) is 14.5 Å². The molecule has 2 heterocycles. The average molecular weight is 439 g/mol. The van der Waals surface area contributed by atoms with E-state index in [1.54, 1.807) is 5.51 Å². The molecule has 156 valence electrons. The molecule has 8 heteroatoms. The summed E-state index contributed by atoms with van der Waals surface area (Å²) in [4.78, 5) is 21.9. The van der Waals surface area contributed by atoms with Crippen LogP contribution in [-0.4, -0.2) is 20.4 Å². The summed E-state index contributed by atoms with van der Waals surface area (Å²) in [7, 11) is 0. The van der Waals surface area contributed by atoms with Crippen LogP contribution in [0.25, 0.3) is 22.6 Å². The summed E-state index contributed by atoms with van der Waals surface area (Å²) in [5.74, 6) is 0.530. The van der Waals surface area contributed by atoms with Gasteiger partial charge in [-0.1, -0.05) is 30.3 Å². The van der Waals surface area contributed by atoms with Crippen LogP contribution in [0.3, 0.4) is 0 Å². The number of amides is 1. The van der Waals surface area contributed by atoms with E-state index < -0.39 is 0 Å². The van der Waals surface area contributed by atoms with E-state index >= 15 is 0 Å². The van der Waals surface area contributed by atoms with Crippen LogP contribution in [0.5, 0.6) is 0 Å². The number of benzene rings is 3. The normalized spacial score (nSPS) is 11.2. The third-order valence-electron chi connectivity index (χ3n) is 4.81. The highest BCUT2D eigenvalue weighted by molar-refractivity contribution is 7.07. The maximum absolute atomic E-state index is 12.8. The molecule has 32 heavy (non-hydrogen) atoms. The van der Waals surface area contributed by atoms with Crippen LogP contribution in [0.4, 0.5) is 17.1 Å². The van der Waals surface area contributed by atoms with E-state index in [-0.39, 0.29) is 12.5 Å². The first kappa shape index (κ1) is 19.8. The topological polar surface area (TPSA) is 84.5 Å². The molecule has 7 nitrogen and oxygen atoms in total. The monoisotopic (exact) mass is 438 g/mol. The second kappa shape index (κ2) is 8.91. The molecule has 0 aliphatic carbocycles. The molecule has 0 spiro atoms. The Hall–Kier alpha value is -4.17. The van der Waals surface area contributed by atoms with Crippen LogP contribution < -0.4 is 5.32 Å². The number of fused-ring (bicyclic) bond motifs is 1.